The van der Waals surface area contributed by atoms with E-state index in [0.717, 1.165) is 0 Å². The van der Waals surface area contributed by atoms with Gasteiger partial charge in [0, 0.05) is 13.1 Å². The Morgan fingerprint density at radius 1 is 1.35 bits per heavy atom. The van der Waals surface area contributed by atoms with E-state index in [-0.39, 0.29) is 25.0 Å². The highest BCUT2D eigenvalue weighted by Crippen LogP contribution is 2.03. The molecule has 0 fully saturated rings. The van der Waals surface area contributed by atoms with Gasteiger partial charge in [-0.25, -0.2) is 4.79 Å². The van der Waals surface area contributed by atoms with Gasteiger partial charge in [0.1, 0.15) is 6.54 Å². The van der Waals surface area contributed by atoms with Crippen LogP contribution in [0.2, 0.25) is 0 Å². The molecule has 1 atom stereocenters. The molecule has 1 unspecified atom stereocenters. The molecule has 0 aliphatic carbocycles. The van der Waals surface area contributed by atoms with Gasteiger partial charge in [-0.05, 0) is 13.3 Å². The molecule has 7 nitrogen and oxygen atoms in total. The lowest BCUT2D eigenvalue weighted by molar-refractivity contribution is -0.138. The number of aliphatic carboxylic acids is 1. The molecule has 0 saturated carbocycles. The Morgan fingerprint density at radius 3 is 2.35 bits per heavy atom. The number of carboxylic acid groups (broad SMARTS) is 1. The molecule has 0 saturated heterocycles. The van der Waals surface area contributed by atoms with Gasteiger partial charge in [-0.3, -0.25) is 9.59 Å². The van der Waals surface area contributed by atoms with Crippen LogP contribution in [0.15, 0.2) is 0 Å². The Morgan fingerprint density at radius 2 is 1.94 bits per heavy atom. The monoisotopic (exact) mass is 245 g/mol. The molecule has 0 radical (unpaired) electrons. The summed E-state index contributed by atoms with van der Waals surface area (Å²) in [5.74, 6) is -1.42. The SMILES string of the molecule is CCC(C)N(CC(=O)O)C(=O)NCC(=O)NC. The Balaban J connectivity index is 4.42. The quantitative estimate of drug-likeness (QED) is 0.594. The van der Waals surface area contributed by atoms with Gasteiger partial charge < -0.3 is 20.6 Å². The van der Waals surface area contributed by atoms with Crippen LogP contribution in [0.25, 0.3) is 0 Å². The molecule has 0 aromatic carbocycles. The number of carboxylic acids is 1. The molecule has 0 heterocycles. The third kappa shape index (κ3) is 5.74. The van der Waals surface area contributed by atoms with Crippen molar-refractivity contribution in [2.45, 2.75) is 26.3 Å². The number of carbonyl (C=O) groups excluding carboxylic acids is 2. The first-order chi connectivity index (χ1) is 7.92. The van der Waals surface area contributed by atoms with E-state index < -0.39 is 12.0 Å². The highest BCUT2D eigenvalue weighted by atomic mass is 16.4. The molecule has 0 aromatic heterocycles. The Bertz CT molecular complexity index is 293. The van der Waals surface area contributed by atoms with E-state index >= 15 is 0 Å². The largest absolute Gasteiger partial charge is 0.480 e. The fourth-order valence-corrected chi connectivity index (χ4v) is 1.14. The zero-order valence-corrected chi connectivity index (χ0v) is 10.3. The summed E-state index contributed by atoms with van der Waals surface area (Å²) in [6.07, 6.45) is 0.640. The molecule has 0 spiro atoms. The summed E-state index contributed by atoms with van der Waals surface area (Å²) in [5, 5.41) is 13.4. The average Bonchev–Trinajstić information content (AvgIpc) is 2.31. The van der Waals surface area contributed by atoms with Crippen LogP contribution in [-0.4, -0.2) is 54.1 Å². The number of amides is 3. The summed E-state index contributed by atoms with van der Waals surface area (Å²) in [6, 6.07) is -0.749. The predicted molar refractivity (Wildman–Crippen MR) is 61.6 cm³/mol. The molecule has 3 amide bonds. The van der Waals surface area contributed by atoms with Gasteiger partial charge in [0.2, 0.25) is 5.91 Å². The number of likely N-dealkylation sites (N-methyl/N-ethyl adjacent to an activating group) is 1. The minimum absolute atomic E-state index is 0.165. The highest BCUT2D eigenvalue weighted by molar-refractivity contribution is 5.85. The van der Waals surface area contributed by atoms with Crippen LogP contribution in [-0.2, 0) is 9.59 Å². The van der Waals surface area contributed by atoms with E-state index in [0.29, 0.717) is 6.42 Å². The van der Waals surface area contributed by atoms with Gasteiger partial charge in [0.15, 0.2) is 0 Å². The zero-order valence-electron chi connectivity index (χ0n) is 10.3. The van der Waals surface area contributed by atoms with Gasteiger partial charge in [0.05, 0.1) is 6.54 Å². The second kappa shape index (κ2) is 7.48. The second-order valence-electron chi connectivity index (χ2n) is 3.61. The van der Waals surface area contributed by atoms with Crippen LogP contribution < -0.4 is 10.6 Å². The van der Waals surface area contributed by atoms with Crippen LogP contribution in [0.5, 0.6) is 0 Å². The van der Waals surface area contributed by atoms with Crippen molar-refractivity contribution < 1.29 is 19.5 Å². The molecular weight excluding hydrogens is 226 g/mol. The topological polar surface area (TPSA) is 98.7 Å². The average molecular weight is 245 g/mol. The molecule has 98 valence electrons. The van der Waals surface area contributed by atoms with E-state index in [9.17, 15) is 14.4 Å². The van der Waals surface area contributed by atoms with Gasteiger partial charge in [0.25, 0.3) is 0 Å². The van der Waals surface area contributed by atoms with Crippen LogP contribution >= 0.6 is 0 Å². The Labute approximate surface area is 100 Å². The summed E-state index contributed by atoms with van der Waals surface area (Å²) in [5.41, 5.74) is 0. The number of hydrogen-bond acceptors (Lipinski definition) is 3. The smallest absolute Gasteiger partial charge is 0.323 e. The normalized spacial score (nSPS) is 11.5. The van der Waals surface area contributed by atoms with Crippen LogP contribution in [0, 0.1) is 0 Å². The second-order valence-corrected chi connectivity index (χ2v) is 3.61. The molecule has 7 heteroatoms. The van der Waals surface area contributed by atoms with E-state index in [2.05, 4.69) is 10.6 Å². The fourth-order valence-electron chi connectivity index (χ4n) is 1.14. The van der Waals surface area contributed by atoms with Crippen molar-refractivity contribution >= 4 is 17.9 Å². The third-order valence-electron chi connectivity index (χ3n) is 2.37. The molecule has 0 bridgehead atoms. The predicted octanol–water partition coefficient (Wildman–Crippen LogP) is -0.373. The lowest BCUT2D eigenvalue weighted by Gasteiger charge is -2.26. The number of hydrogen-bond donors (Lipinski definition) is 3. The summed E-state index contributed by atoms with van der Waals surface area (Å²) >= 11 is 0. The lowest BCUT2D eigenvalue weighted by atomic mass is 10.2. The van der Waals surface area contributed by atoms with Gasteiger partial charge in [-0.1, -0.05) is 6.92 Å². The fraction of sp³-hybridized carbons (Fsp3) is 0.700. The standard InChI is InChI=1S/C10H19N3O4/c1-4-7(2)13(6-9(15)16)10(17)12-5-8(14)11-3/h7H,4-6H2,1-3H3,(H,11,14)(H,12,17)(H,15,16). The first kappa shape index (κ1) is 15.2. The first-order valence-electron chi connectivity index (χ1n) is 5.39. The van der Waals surface area contributed by atoms with Crippen LogP contribution in [0.1, 0.15) is 20.3 Å². The molecular formula is C10H19N3O4. The summed E-state index contributed by atoms with van der Waals surface area (Å²) < 4.78 is 0. The van der Waals surface area contributed by atoms with E-state index in [1.54, 1.807) is 6.92 Å². The Kier molecular flexibility index (Phi) is 6.69. The molecule has 0 aliphatic heterocycles. The van der Waals surface area contributed by atoms with Crippen LogP contribution in [0.4, 0.5) is 4.79 Å². The highest BCUT2D eigenvalue weighted by Gasteiger charge is 2.21. The summed E-state index contributed by atoms with van der Waals surface area (Å²) in [7, 11) is 1.46. The third-order valence-corrected chi connectivity index (χ3v) is 2.37. The van der Waals surface area contributed by atoms with E-state index in [4.69, 9.17) is 5.11 Å². The number of rotatable bonds is 6. The van der Waals surface area contributed by atoms with Crippen LogP contribution in [0.3, 0.4) is 0 Å². The van der Waals surface area contributed by atoms with Crippen molar-refractivity contribution in [1.82, 2.24) is 15.5 Å². The van der Waals surface area contributed by atoms with E-state index in [1.807, 2.05) is 6.92 Å². The van der Waals surface area contributed by atoms with Gasteiger partial charge in [-0.2, -0.15) is 0 Å². The van der Waals surface area contributed by atoms with Gasteiger partial charge >= 0.3 is 12.0 Å². The lowest BCUT2D eigenvalue weighted by Crippen LogP contribution is -2.49. The number of nitrogens with one attached hydrogen (secondary N) is 2. The molecule has 3 N–H and O–H groups in total. The minimum atomic E-state index is -1.08. The van der Waals surface area contributed by atoms with Crippen molar-refractivity contribution in [2.24, 2.45) is 0 Å². The van der Waals surface area contributed by atoms with Crippen molar-refractivity contribution in [3.05, 3.63) is 0 Å². The Hall–Kier alpha value is -1.79. The summed E-state index contributed by atoms with van der Waals surface area (Å²) in [6.45, 7) is 3.06. The van der Waals surface area contributed by atoms with Gasteiger partial charge in [-0.15, -0.1) is 0 Å². The molecule has 0 rings (SSSR count). The number of urea groups is 1. The molecule has 0 aliphatic rings. The summed E-state index contributed by atoms with van der Waals surface area (Å²) in [4.78, 5) is 34.4. The van der Waals surface area contributed by atoms with Crippen molar-refractivity contribution in [1.29, 1.82) is 0 Å². The van der Waals surface area contributed by atoms with Crippen molar-refractivity contribution in [3.63, 3.8) is 0 Å². The first-order valence-corrected chi connectivity index (χ1v) is 5.39. The van der Waals surface area contributed by atoms with Crippen molar-refractivity contribution in [3.8, 4) is 0 Å². The molecule has 0 aromatic rings. The number of nitrogens with zero attached hydrogens (tertiary/aromatic N) is 1. The molecule has 17 heavy (non-hydrogen) atoms. The van der Waals surface area contributed by atoms with E-state index in [1.165, 1.54) is 11.9 Å². The maximum absolute atomic E-state index is 11.7. The maximum Gasteiger partial charge on any atom is 0.323 e. The maximum atomic E-state index is 11.7. The minimum Gasteiger partial charge on any atom is -0.480 e. The zero-order chi connectivity index (χ0) is 13.4. The van der Waals surface area contributed by atoms with Crippen molar-refractivity contribution in [2.75, 3.05) is 20.1 Å². The number of carbonyl (C=O) groups is 3.